The highest BCUT2D eigenvalue weighted by atomic mass is 35.5. The van der Waals surface area contributed by atoms with Crippen molar-refractivity contribution in [3.63, 3.8) is 0 Å². The quantitative estimate of drug-likeness (QED) is 0.0874. The molecule has 20 heteroatoms. The number of rotatable bonds is 19. The van der Waals surface area contributed by atoms with E-state index in [-0.39, 0.29) is 87.4 Å². The van der Waals surface area contributed by atoms with E-state index in [2.05, 4.69) is 34.3 Å². The number of fused-ring (bicyclic) bond motifs is 4. The van der Waals surface area contributed by atoms with Crippen molar-refractivity contribution in [2.45, 2.75) is 46.2 Å². The van der Waals surface area contributed by atoms with Crippen LogP contribution >= 0.6 is 22.9 Å². The monoisotopic (exact) mass is 914 g/mol. The normalized spacial score (nSPS) is 13.8. The van der Waals surface area contributed by atoms with Crippen LogP contribution in [0.1, 0.15) is 63.5 Å². The Morgan fingerprint density at radius 3 is 2.28 bits per heavy atom. The highest BCUT2D eigenvalue weighted by molar-refractivity contribution is 7.15. The third kappa shape index (κ3) is 9.98. The first-order valence-electron chi connectivity index (χ1n) is 20.5. The van der Waals surface area contributed by atoms with Crippen molar-refractivity contribution in [3.8, 4) is 5.00 Å². The molecule has 6 aromatic rings. The van der Waals surface area contributed by atoms with Gasteiger partial charge in [-0.2, -0.15) is 0 Å². The molecule has 0 fully saturated rings. The van der Waals surface area contributed by atoms with Crippen LogP contribution in [0.15, 0.2) is 68.7 Å². The molecular formula is C44H48ClFN10O7S. The number of imidazole rings is 1. The number of thiophene rings is 1. The van der Waals surface area contributed by atoms with Gasteiger partial charge < -0.3 is 29.8 Å². The second kappa shape index (κ2) is 20.2. The summed E-state index contributed by atoms with van der Waals surface area (Å²) in [6, 6.07) is 12.7. The maximum atomic E-state index is 13.7. The molecule has 0 radical (unpaired) electrons. The van der Waals surface area contributed by atoms with E-state index in [9.17, 15) is 23.6 Å². The lowest BCUT2D eigenvalue weighted by Crippen LogP contribution is -2.37. The standard InChI is InChI=1S/C44H48ClFN10O7S/c1-25-26(2)64-43-36(25)37(29-8-10-31(45)11-9-29)49-33(40-52-51-27(3)56(40)43)23-35(57)48-15-17-62-19-21-63-20-18-61-16-14-30(39(47)58)22-34-50-38-41(53(4)44(60)54(5)42(38)59)55(34)24-28-6-12-32(46)13-7-28/h6-13,22,33H,14-21,23-24H2,1-5H3,(H2,47,58)(H,48,57)/t33-/m0/s1. The van der Waals surface area contributed by atoms with Gasteiger partial charge in [-0.1, -0.05) is 35.9 Å². The molecule has 2 aromatic carbocycles. The molecule has 0 saturated heterocycles. The number of aryl methyl sites for hydroxylation is 3. The molecule has 336 valence electrons. The maximum absolute atomic E-state index is 13.7. The Bertz CT molecular complexity index is 2880. The lowest BCUT2D eigenvalue weighted by atomic mass is 9.99. The van der Waals surface area contributed by atoms with Crippen LogP contribution in [0.3, 0.4) is 0 Å². The average molecular weight is 915 g/mol. The number of carbonyl (C=O) groups excluding carboxylic acids is 2. The Morgan fingerprint density at radius 2 is 1.59 bits per heavy atom. The van der Waals surface area contributed by atoms with Gasteiger partial charge in [-0.05, 0) is 62.2 Å². The summed E-state index contributed by atoms with van der Waals surface area (Å²) in [6.07, 6.45) is 1.66. The van der Waals surface area contributed by atoms with Crippen molar-refractivity contribution >= 4 is 57.7 Å². The number of benzene rings is 2. The fraction of sp³-hybridized carbons (Fsp3) is 0.364. The topological polar surface area (TPSA) is 205 Å². The Balaban J connectivity index is 0.862. The molecule has 17 nitrogen and oxygen atoms in total. The van der Waals surface area contributed by atoms with Crippen molar-refractivity contribution in [3.05, 3.63) is 130 Å². The third-order valence-corrected chi connectivity index (χ3v) is 12.3. The van der Waals surface area contributed by atoms with Crippen LogP contribution in [0.2, 0.25) is 5.02 Å². The van der Waals surface area contributed by atoms with Crippen LogP contribution in [0.25, 0.3) is 22.2 Å². The lowest BCUT2D eigenvalue weighted by molar-refractivity contribution is -0.121. The predicted molar refractivity (Wildman–Crippen MR) is 241 cm³/mol. The molecule has 1 aliphatic rings. The third-order valence-electron chi connectivity index (χ3n) is 10.8. The van der Waals surface area contributed by atoms with Crippen molar-refractivity contribution in [1.29, 1.82) is 0 Å². The highest BCUT2D eigenvalue weighted by Crippen LogP contribution is 2.39. The summed E-state index contributed by atoms with van der Waals surface area (Å²) in [5, 5.41) is 13.3. The van der Waals surface area contributed by atoms with Crippen LogP contribution in [0, 0.1) is 26.6 Å². The number of hydrogen-bond donors (Lipinski definition) is 2. The zero-order chi connectivity index (χ0) is 45.7. The predicted octanol–water partition coefficient (Wildman–Crippen LogP) is 4.25. The molecule has 2 amide bonds. The first-order chi connectivity index (χ1) is 30.7. The van der Waals surface area contributed by atoms with Gasteiger partial charge in [-0.3, -0.25) is 33.1 Å². The molecule has 0 bridgehead atoms. The van der Waals surface area contributed by atoms with Gasteiger partial charge in [-0.25, -0.2) is 14.2 Å². The van der Waals surface area contributed by atoms with Crippen molar-refractivity contribution in [2.75, 3.05) is 46.2 Å². The van der Waals surface area contributed by atoms with Crippen molar-refractivity contribution in [1.82, 2.24) is 38.8 Å². The summed E-state index contributed by atoms with van der Waals surface area (Å²) in [5.41, 5.74) is 9.47. The second-order valence-corrected chi connectivity index (χ2v) is 16.8. The maximum Gasteiger partial charge on any atom is 0.332 e. The molecular weight excluding hydrogens is 867 g/mol. The summed E-state index contributed by atoms with van der Waals surface area (Å²) in [4.78, 5) is 62.4. The lowest BCUT2D eigenvalue weighted by Gasteiger charge is -2.13. The van der Waals surface area contributed by atoms with E-state index in [0.29, 0.717) is 28.8 Å². The zero-order valence-corrected chi connectivity index (χ0v) is 37.6. The van der Waals surface area contributed by atoms with Crippen LogP contribution in [0.4, 0.5) is 4.39 Å². The number of nitrogens with one attached hydrogen (secondary N) is 1. The van der Waals surface area contributed by atoms with Gasteiger partial charge in [0.2, 0.25) is 11.8 Å². The van der Waals surface area contributed by atoms with E-state index in [1.54, 1.807) is 28.0 Å². The molecule has 7 rings (SSSR count). The van der Waals surface area contributed by atoms with Gasteiger partial charge in [0.05, 0.1) is 58.3 Å². The minimum atomic E-state index is -0.710. The number of hydrogen-bond acceptors (Lipinski definition) is 12. The zero-order valence-electron chi connectivity index (χ0n) is 36.0. The van der Waals surface area contributed by atoms with Crippen LogP contribution in [-0.4, -0.2) is 97.2 Å². The van der Waals surface area contributed by atoms with E-state index in [0.717, 1.165) is 36.8 Å². The smallest absolute Gasteiger partial charge is 0.332 e. The SMILES string of the molecule is Cc1sc2c(c1C)C(c1ccc(Cl)cc1)=N[C@@H](CC(=O)NCCOCCOCCOCCC(=Cc1nc3c(=O)n(C)c(=O)n(C)c3n1Cc1ccc(F)cc1)C(N)=O)c1nnc(C)n1-2. The Labute approximate surface area is 376 Å². The summed E-state index contributed by atoms with van der Waals surface area (Å²) >= 11 is 7.87. The molecule has 64 heavy (non-hydrogen) atoms. The Morgan fingerprint density at radius 1 is 0.922 bits per heavy atom. The number of carbonyl (C=O) groups is 2. The van der Waals surface area contributed by atoms with Gasteiger partial charge in [0, 0.05) is 53.7 Å². The van der Waals surface area contributed by atoms with Crippen LogP contribution < -0.4 is 22.3 Å². The summed E-state index contributed by atoms with van der Waals surface area (Å²) in [7, 11) is 2.87. The number of aliphatic imine (C=N–C) groups is 1. The summed E-state index contributed by atoms with van der Waals surface area (Å²) in [5.74, 6) is 0.200. The van der Waals surface area contributed by atoms with Gasteiger partial charge in [0.15, 0.2) is 17.0 Å². The van der Waals surface area contributed by atoms with E-state index in [4.69, 9.17) is 36.5 Å². The molecule has 0 saturated carbocycles. The van der Waals surface area contributed by atoms with Crippen molar-refractivity contribution in [2.24, 2.45) is 24.8 Å². The van der Waals surface area contributed by atoms with Gasteiger partial charge in [0.1, 0.15) is 28.5 Å². The second-order valence-electron chi connectivity index (χ2n) is 15.1. The highest BCUT2D eigenvalue weighted by Gasteiger charge is 2.32. The number of aromatic nitrogens is 7. The molecule has 0 unspecified atom stereocenters. The number of nitrogens with zero attached hydrogens (tertiary/aromatic N) is 8. The van der Waals surface area contributed by atoms with E-state index in [1.165, 1.54) is 36.9 Å². The number of amides is 2. The molecule has 1 aliphatic heterocycles. The van der Waals surface area contributed by atoms with Crippen LogP contribution in [0.5, 0.6) is 0 Å². The van der Waals surface area contributed by atoms with Gasteiger partial charge in [0.25, 0.3) is 5.56 Å². The number of halogens is 2. The number of primary amides is 1. The minimum Gasteiger partial charge on any atom is -0.379 e. The van der Waals surface area contributed by atoms with Gasteiger partial charge >= 0.3 is 5.69 Å². The van der Waals surface area contributed by atoms with E-state index >= 15 is 0 Å². The van der Waals surface area contributed by atoms with Crippen LogP contribution in [-0.2, 0) is 44.4 Å². The first kappa shape index (κ1) is 45.9. The van der Waals surface area contributed by atoms with Gasteiger partial charge in [-0.15, -0.1) is 21.5 Å². The number of nitrogens with two attached hydrogens (primary N) is 1. The van der Waals surface area contributed by atoms with E-state index in [1.807, 2.05) is 35.8 Å². The summed E-state index contributed by atoms with van der Waals surface area (Å²) < 4.78 is 36.5. The molecule has 0 spiro atoms. The largest absolute Gasteiger partial charge is 0.379 e. The average Bonchev–Trinajstić information content (AvgIpc) is 3.90. The fourth-order valence-corrected chi connectivity index (χ4v) is 8.67. The minimum absolute atomic E-state index is 0.0268. The summed E-state index contributed by atoms with van der Waals surface area (Å²) in [6.45, 7) is 7.94. The Kier molecular flexibility index (Phi) is 14.4. The molecule has 0 aliphatic carbocycles. The van der Waals surface area contributed by atoms with Crippen molar-refractivity contribution < 1.29 is 28.2 Å². The molecule has 4 aromatic heterocycles. The number of ether oxygens (including phenoxy) is 3. The first-order valence-corrected chi connectivity index (χ1v) is 21.7. The molecule has 3 N–H and O–H groups in total. The molecule has 1 atom stereocenters. The fourth-order valence-electron chi connectivity index (χ4n) is 7.33. The molecule has 5 heterocycles. The van der Waals surface area contributed by atoms with E-state index < -0.39 is 29.0 Å². The Hall–Kier alpha value is -6.12.